The lowest BCUT2D eigenvalue weighted by Gasteiger charge is -2.18. The van der Waals surface area contributed by atoms with Crippen LogP contribution in [-0.2, 0) is 13.4 Å². The summed E-state index contributed by atoms with van der Waals surface area (Å²) in [4.78, 5) is 17.0. The fourth-order valence-electron chi connectivity index (χ4n) is 0.803. The van der Waals surface area contributed by atoms with Gasteiger partial charge in [-0.15, -0.1) is 0 Å². The van der Waals surface area contributed by atoms with Gasteiger partial charge in [-0.25, -0.2) is 4.31 Å². The summed E-state index contributed by atoms with van der Waals surface area (Å²) in [6, 6.07) is 0. The molecule has 0 aromatic carbocycles. The Bertz CT molecular complexity index is 114. The Morgan fingerprint density at radius 2 is 1.67 bits per heavy atom. The third-order valence-corrected chi connectivity index (χ3v) is 3.23. The van der Waals surface area contributed by atoms with Crippen LogP contribution in [0.2, 0.25) is 0 Å². The normalized spacial score (nSPS) is 22.2. The van der Waals surface area contributed by atoms with Crippen molar-refractivity contribution in [2.45, 2.75) is 19.3 Å². The maximum Gasteiger partial charge on any atom is 0.339 e. The molecule has 0 radical (unpaired) electrons. The van der Waals surface area contributed by atoms with E-state index < -0.39 is 17.2 Å². The maximum absolute atomic E-state index is 8.52. The molecule has 72 valence electrons. The van der Waals surface area contributed by atoms with E-state index >= 15 is 0 Å². The summed E-state index contributed by atoms with van der Waals surface area (Å²) in [5.41, 5.74) is 0. The van der Waals surface area contributed by atoms with Gasteiger partial charge in [-0.2, -0.15) is 0 Å². The molecule has 0 bridgehead atoms. The average Bonchev–Trinajstić information content (AvgIpc) is 1.93. The van der Waals surface area contributed by atoms with Gasteiger partial charge in [-0.3, -0.25) is 0 Å². The van der Waals surface area contributed by atoms with E-state index in [-0.39, 0.29) is 0 Å². The van der Waals surface area contributed by atoms with Gasteiger partial charge in [0.05, 0.1) is 13.2 Å². The standard InChI is InChI=1S/C5H12O5P2/c6-11(7)10-12-8-4-2-1-3-5-9-12/h6-7H,1-5H2. The van der Waals surface area contributed by atoms with Crippen molar-refractivity contribution in [3.8, 4) is 0 Å². The second kappa shape index (κ2) is 6.17. The zero-order valence-electron chi connectivity index (χ0n) is 6.55. The van der Waals surface area contributed by atoms with E-state index in [9.17, 15) is 0 Å². The second-order valence-electron chi connectivity index (χ2n) is 2.29. The molecule has 1 fully saturated rings. The van der Waals surface area contributed by atoms with Crippen LogP contribution in [0.3, 0.4) is 0 Å². The Kier molecular flexibility index (Phi) is 5.52. The minimum Gasteiger partial charge on any atom is -0.328 e. The van der Waals surface area contributed by atoms with Crippen molar-refractivity contribution in [3.05, 3.63) is 0 Å². The second-order valence-corrected chi connectivity index (χ2v) is 4.41. The van der Waals surface area contributed by atoms with E-state index in [0.29, 0.717) is 13.2 Å². The van der Waals surface area contributed by atoms with Gasteiger partial charge in [0.25, 0.3) is 0 Å². The predicted molar refractivity (Wildman–Crippen MR) is 45.1 cm³/mol. The van der Waals surface area contributed by atoms with Crippen molar-refractivity contribution in [1.29, 1.82) is 0 Å². The lowest BCUT2D eigenvalue weighted by atomic mass is 10.2. The Balaban J connectivity index is 2.20. The van der Waals surface area contributed by atoms with Crippen LogP contribution in [0.5, 0.6) is 0 Å². The monoisotopic (exact) mass is 214 g/mol. The molecule has 1 rings (SSSR count). The topological polar surface area (TPSA) is 68.2 Å². The summed E-state index contributed by atoms with van der Waals surface area (Å²) in [5, 5.41) is 0. The average molecular weight is 214 g/mol. The van der Waals surface area contributed by atoms with Gasteiger partial charge in [0.1, 0.15) is 0 Å². The summed E-state index contributed by atoms with van der Waals surface area (Å²) in [5.74, 6) is 0. The largest absolute Gasteiger partial charge is 0.339 e. The molecule has 5 nitrogen and oxygen atoms in total. The predicted octanol–water partition coefficient (Wildman–Crippen LogP) is 1.66. The molecule has 7 heteroatoms. The Labute approximate surface area is 73.6 Å². The molecule has 0 atom stereocenters. The third kappa shape index (κ3) is 4.63. The Morgan fingerprint density at radius 1 is 1.08 bits per heavy atom. The van der Waals surface area contributed by atoms with Crippen molar-refractivity contribution in [2.75, 3.05) is 13.2 Å². The zero-order chi connectivity index (χ0) is 8.81. The van der Waals surface area contributed by atoms with Gasteiger partial charge in [0.2, 0.25) is 0 Å². The molecule has 0 aromatic rings. The van der Waals surface area contributed by atoms with E-state index in [1.807, 2.05) is 0 Å². The highest BCUT2D eigenvalue weighted by Gasteiger charge is 2.18. The summed E-state index contributed by atoms with van der Waals surface area (Å²) >= 11 is 0. The minimum atomic E-state index is -2.37. The van der Waals surface area contributed by atoms with E-state index in [1.165, 1.54) is 0 Å². The summed E-state index contributed by atoms with van der Waals surface area (Å²) in [6.07, 6.45) is 3.02. The molecule has 0 aromatic heterocycles. The SMILES string of the molecule is OP(O)OP1OCCCCCO1. The van der Waals surface area contributed by atoms with Crippen molar-refractivity contribution in [2.24, 2.45) is 0 Å². The molecule has 0 aliphatic carbocycles. The smallest absolute Gasteiger partial charge is 0.328 e. The van der Waals surface area contributed by atoms with Crippen molar-refractivity contribution in [1.82, 2.24) is 0 Å². The van der Waals surface area contributed by atoms with Crippen LogP contribution in [0.4, 0.5) is 0 Å². The molecular formula is C5H12O5P2. The van der Waals surface area contributed by atoms with Crippen LogP contribution >= 0.6 is 17.2 Å². The van der Waals surface area contributed by atoms with Crippen molar-refractivity contribution >= 4 is 17.2 Å². The van der Waals surface area contributed by atoms with Crippen LogP contribution in [-0.4, -0.2) is 23.0 Å². The first kappa shape index (κ1) is 10.7. The molecule has 12 heavy (non-hydrogen) atoms. The van der Waals surface area contributed by atoms with Crippen LogP contribution in [0.25, 0.3) is 0 Å². The molecule has 0 unspecified atom stereocenters. The number of hydrogen-bond donors (Lipinski definition) is 2. The lowest BCUT2D eigenvalue weighted by Crippen LogP contribution is -2.01. The molecule has 1 saturated heterocycles. The highest BCUT2D eigenvalue weighted by Crippen LogP contribution is 2.50. The maximum atomic E-state index is 8.52. The van der Waals surface area contributed by atoms with Gasteiger partial charge >= 0.3 is 17.2 Å². The van der Waals surface area contributed by atoms with Crippen LogP contribution in [0.1, 0.15) is 19.3 Å². The Hall–Kier alpha value is 0.660. The molecular weight excluding hydrogens is 202 g/mol. The summed E-state index contributed by atoms with van der Waals surface area (Å²) < 4.78 is 14.8. The summed E-state index contributed by atoms with van der Waals surface area (Å²) in [6.45, 7) is 1.13. The van der Waals surface area contributed by atoms with E-state index in [4.69, 9.17) is 18.8 Å². The molecule has 0 amide bonds. The molecule has 0 saturated carbocycles. The highest BCUT2D eigenvalue weighted by atomic mass is 31.2. The lowest BCUT2D eigenvalue weighted by molar-refractivity contribution is 0.175. The van der Waals surface area contributed by atoms with Crippen LogP contribution < -0.4 is 0 Å². The van der Waals surface area contributed by atoms with Crippen LogP contribution in [0.15, 0.2) is 0 Å². The third-order valence-electron chi connectivity index (χ3n) is 1.32. The van der Waals surface area contributed by atoms with Crippen molar-refractivity contribution < 1.29 is 23.1 Å². The highest BCUT2D eigenvalue weighted by molar-refractivity contribution is 7.54. The van der Waals surface area contributed by atoms with Gasteiger partial charge in [-0.05, 0) is 19.3 Å². The zero-order valence-corrected chi connectivity index (χ0v) is 8.34. The van der Waals surface area contributed by atoms with Crippen LogP contribution in [0, 0.1) is 0 Å². The minimum absolute atomic E-state index is 0.564. The fraction of sp³-hybridized carbons (Fsp3) is 1.00. The molecule has 1 heterocycles. The molecule has 0 spiro atoms. The number of rotatable bonds is 2. The van der Waals surface area contributed by atoms with Gasteiger partial charge in [0.15, 0.2) is 0 Å². The molecule has 1 aliphatic rings. The van der Waals surface area contributed by atoms with Crippen molar-refractivity contribution in [3.63, 3.8) is 0 Å². The first-order valence-corrected chi connectivity index (χ1v) is 5.97. The first-order chi connectivity index (χ1) is 5.79. The number of hydrogen-bond acceptors (Lipinski definition) is 5. The molecule has 2 N–H and O–H groups in total. The van der Waals surface area contributed by atoms with E-state index in [2.05, 4.69) is 4.31 Å². The van der Waals surface area contributed by atoms with Gasteiger partial charge in [-0.1, -0.05) is 0 Å². The van der Waals surface area contributed by atoms with E-state index in [0.717, 1.165) is 19.3 Å². The quantitative estimate of drug-likeness (QED) is 0.684. The summed E-state index contributed by atoms with van der Waals surface area (Å²) in [7, 11) is -3.89. The van der Waals surface area contributed by atoms with E-state index in [1.54, 1.807) is 0 Å². The molecule has 1 aliphatic heterocycles. The Morgan fingerprint density at radius 3 is 2.17 bits per heavy atom. The fourth-order valence-corrected chi connectivity index (χ4v) is 2.29. The van der Waals surface area contributed by atoms with Gasteiger partial charge in [0, 0.05) is 0 Å². The van der Waals surface area contributed by atoms with Gasteiger partial charge < -0.3 is 18.8 Å². The first-order valence-electron chi connectivity index (χ1n) is 3.71.